The molecular weight excluding hydrogens is 264 g/mol. The summed E-state index contributed by atoms with van der Waals surface area (Å²) in [6.07, 6.45) is 7.62. The Bertz CT molecular complexity index is 548. The first-order valence-electron chi connectivity index (χ1n) is 7.93. The van der Waals surface area contributed by atoms with Gasteiger partial charge in [0.1, 0.15) is 0 Å². The number of fused-ring (bicyclic) bond motifs is 1. The fraction of sp³-hybridized carbons (Fsp3) is 0.529. The third-order valence-corrected chi connectivity index (χ3v) is 4.58. The monoisotopic (exact) mass is 286 g/mol. The number of hydrogen-bond acceptors (Lipinski definition) is 2. The van der Waals surface area contributed by atoms with E-state index in [2.05, 4.69) is 10.6 Å². The van der Waals surface area contributed by atoms with Crippen LogP contribution in [-0.4, -0.2) is 18.4 Å². The van der Waals surface area contributed by atoms with Crippen LogP contribution in [-0.2, 0) is 11.2 Å². The molecule has 0 atom stereocenters. The normalized spacial score (nSPS) is 18.2. The summed E-state index contributed by atoms with van der Waals surface area (Å²) < 4.78 is 0. The largest absolute Gasteiger partial charge is 0.352 e. The number of carbonyl (C=O) groups excluding carboxylic acids is 2. The Morgan fingerprint density at radius 1 is 1.24 bits per heavy atom. The first-order chi connectivity index (χ1) is 10.2. The van der Waals surface area contributed by atoms with Crippen molar-refractivity contribution in [3.05, 3.63) is 29.3 Å². The van der Waals surface area contributed by atoms with E-state index >= 15 is 0 Å². The molecule has 0 unspecified atom stereocenters. The molecule has 1 saturated carbocycles. The Morgan fingerprint density at radius 2 is 2.05 bits per heavy atom. The molecule has 0 radical (unpaired) electrons. The predicted molar refractivity (Wildman–Crippen MR) is 82.3 cm³/mol. The van der Waals surface area contributed by atoms with Gasteiger partial charge in [-0.2, -0.15) is 0 Å². The van der Waals surface area contributed by atoms with Crippen LogP contribution < -0.4 is 10.6 Å². The first kappa shape index (κ1) is 14.1. The smallest absolute Gasteiger partial charge is 0.251 e. The highest BCUT2D eigenvalue weighted by atomic mass is 16.2. The van der Waals surface area contributed by atoms with Crippen LogP contribution in [0.25, 0.3) is 0 Å². The molecule has 0 saturated heterocycles. The lowest BCUT2D eigenvalue weighted by Gasteiger charge is -2.17. The second kappa shape index (κ2) is 6.29. The van der Waals surface area contributed by atoms with Crippen molar-refractivity contribution in [2.75, 3.05) is 11.9 Å². The van der Waals surface area contributed by atoms with Crippen molar-refractivity contribution in [1.82, 2.24) is 5.32 Å². The second-order valence-electron chi connectivity index (χ2n) is 6.12. The highest BCUT2D eigenvalue weighted by molar-refractivity contribution is 5.97. The topological polar surface area (TPSA) is 58.2 Å². The molecule has 1 aromatic rings. The van der Waals surface area contributed by atoms with Crippen molar-refractivity contribution in [3.8, 4) is 0 Å². The fourth-order valence-electron chi connectivity index (χ4n) is 3.32. The number of anilines is 1. The summed E-state index contributed by atoms with van der Waals surface area (Å²) in [6, 6.07) is 5.52. The van der Waals surface area contributed by atoms with Gasteiger partial charge in [-0.25, -0.2) is 0 Å². The number of carbonyl (C=O) groups is 2. The van der Waals surface area contributed by atoms with E-state index in [0.717, 1.165) is 30.1 Å². The van der Waals surface area contributed by atoms with Crippen molar-refractivity contribution >= 4 is 17.5 Å². The van der Waals surface area contributed by atoms with Crippen LogP contribution in [0.1, 0.15) is 54.4 Å². The quantitative estimate of drug-likeness (QED) is 0.894. The Kier molecular flexibility index (Phi) is 4.23. The third-order valence-electron chi connectivity index (χ3n) is 4.58. The standard InChI is InChI=1S/C17H22N2O2/c20-16-8-6-13-11-14(5-7-15(13)19-16)17(21)18-10-9-12-3-1-2-4-12/h5,7,11-12H,1-4,6,8-10H2,(H,18,21)(H,19,20). The summed E-state index contributed by atoms with van der Waals surface area (Å²) in [5, 5.41) is 5.85. The molecule has 2 N–H and O–H groups in total. The molecule has 2 aliphatic rings. The van der Waals surface area contributed by atoms with Crippen LogP contribution in [0, 0.1) is 5.92 Å². The molecule has 1 aliphatic carbocycles. The lowest BCUT2D eigenvalue weighted by atomic mass is 10.00. The SMILES string of the molecule is O=C1CCc2cc(C(=O)NCCC3CCCC3)ccc2N1. The van der Waals surface area contributed by atoms with Crippen LogP contribution in [0.2, 0.25) is 0 Å². The van der Waals surface area contributed by atoms with Crippen molar-refractivity contribution in [2.45, 2.75) is 44.9 Å². The Balaban J connectivity index is 1.56. The van der Waals surface area contributed by atoms with Gasteiger partial charge in [0.15, 0.2) is 0 Å². The molecule has 4 heteroatoms. The molecule has 4 nitrogen and oxygen atoms in total. The molecule has 0 aromatic heterocycles. The van der Waals surface area contributed by atoms with Crippen LogP contribution in [0.4, 0.5) is 5.69 Å². The van der Waals surface area contributed by atoms with Gasteiger partial charge >= 0.3 is 0 Å². The van der Waals surface area contributed by atoms with E-state index in [1.165, 1.54) is 25.7 Å². The number of hydrogen-bond donors (Lipinski definition) is 2. The zero-order valence-electron chi connectivity index (χ0n) is 12.3. The minimum Gasteiger partial charge on any atom is -0.352 e. The van der Waals surface area contributed by atoms with Gasteiger partial charge in [0.05, 0.1) is 0 Å². The van der Waals surface area contributed by atoms with Crippen LogP contribution in [0.15, 0.2) is 18.2 Å². The predicted octanol–water partition coefficient (Wildman–Crippen LogP) is 2.88. The lowest BCUT2D eigenvalue weighted by molar-refractivity contribution is -0.116. The van der Waals surface area contributed by atoms with Gasteiger partial charge < -0.3 is 10.6 Å². The number of nitrogens with one attached hydrogen (secondary N) is 2. The maximum atomic E-state index is 12.2. The van der Waals surface area contributed by atoms with Crippen molar-refractivity contribution in [1.29, 1.82) is 0 Å². The van der Waals surface area contributed by atoms with Crippen LogP contribution in [0.5, 0.6) is 0 Å². The molecule has 2 amide bonds. The van der Waals surface area contributed by atoms with E-state index in [4.69, 9.17) is 0 Å². The third kappa shape index (κ3) is 3.43. The summed E-state index contributed by atoms with van der Waals surface area (Å²) >= 11 is 0. The van der Waals surface area contributed by atoms with Crippen LogP contribution in [0.3, 0.4) is 0 Å². The van der Waals surface area contributed by atoms with E-state index < -0.39 is 0 Å². The van der Waals surface area contributed by atoms with Gasteiger partial charge in [-0.15, -0.1) is 0 Å². The minimum atomic E-state index is -0.00676. The Labute approximate surface area is 125 Å². The zero-order chi connectivity index (χ0) is 14.7. The maximum absolute atomic E-state index is 12.2. The number of aryl methyl sites for hydroxylation is 1. The lowest BCUT2D eigenvalue weighted by Crippen LogP contribution is -2.26. The highest BCUT2D eigenvalue weighted by Crippen LogP contribution is 2.27. The molecule has 21 heavy (non-hydrogen) atoms. The van der Waals surface area contributed by atoms with Crippen molar-refractivity contribution in [2.24, 2.45) is 5.92 Å². The summed E-state index contributed by atoms with van der Waals surface area (Å²) in [4.78, 5) is 23.5. The van der Waals surface area contributed by atoms with Crippen LogP contribution >= 0.6 is 0 Å². The Morgan fingerprint density at radius 3 is 2.86 bits per heavy atom. The zero-order valence-corrected chi connectivity index (χ0v) is 12.3. The summed E-state index contributed by atoms with van der Waals surface area (Å²) in [5.41, 5.74) is 2.59. The number of amides is 2. The number of rotatable bonds is 4. The van der Waals surface area contributed by atoms with Gasteiger partial charge in [-0.05, 0) is 42.5 Å². The summed E-state index contributed by atoms with van der Waals surface area (Å²) in [6.45, 7) is 0.761. The van der Waals surface area contributed by atoms with Gasteiger partial charge in [0, 0.05) is 24.2 Å². The van der Waals surface area contributed by atoms with Crippen molar-refractivity contribution in [3.63, 3.8) is 0 Å². The van der Waals surface area contributed by atoms with Gasteiger partial charge in [0.2, 0.25) is 5.91 Å². The second-order valence-corrected chi connectivity index (χ2v) is 6.12. The minimum absolute atomic E-state index is 0.00676. The maximum Gasteiger partial charge on any atom is 0.251 e. The van der Waals surface area contributed by atoms with Gasteiger partial charge in [-0.3, -0.25) is 9.59 Å². The fourth-order valence-corrected chi connectivity index (χ4v) is 3.32. The van der Waals surface area contributed by atoms with Crippen molar-refractivity contribution < 1.29 is 9.59 Å². The molecule has 112 valence electrons. The van der Waals surface area contributed by atoms with Gasteiger partial charge in [0.25, 0.3) is 5.91 Å². The molecule has 0 spiro atoms. The van der Waals surface area contributed by atoms with Gasteiger partial charge in [-0.1, -0.05) is 25.7 Å². The van der Waals surface area contributed by atoms with E-state index in [1.807, 2.05) is 12.1 Å². The Hall–Kier alpha value is -1.84. The summed E-state index contributed by atoms with van der Waals surface area (Å²) in [7, 11) is 0. The molecule has 3 rings (SSSR count). The average molecular weight is 286 g/mol. The molecule has 1 aliphatic heterocycles. The molecule has 1 heterocycles. The van der Waals surface area contributed by atoms with E-state index in [1.54, 1.807) is 6.07 Å². The van der Waals surface area contributed by atoms with E-state index in [-0.39, 0.29) is 11.8 Å². The highest BCUT2D eigenvalue weighted by Gasteiger charge is 2.17. The van der Waals surface area contributed by atoms with E-state index in [0.29, 0.717) is 18.4 Å². The molecule has 1 aromatic carbocycles. The molecule has 0 bridgehead atoms. The molecule has 1 fully saturated rings. The molecular formula is C17H22N2O2. The van der Waals surface area contributed by atoms with E-state index in [9.17, 15) is 9.59 Å². The average Bonchev–Trinajstić information content (AvgIpc) is 3.00. The number of benzene rings is 1. The summed E-state index contributed by atoms with van der Waals surface area (Å²) in [5.74, 6) is 0.841. The first-order valence-corrected chi connectivity index (χ1v) is 7.93.